The molecular weight excluding hydrogens is 264 g/mol. The van der Waals surface area contributed by atoms with Gasteiger partial charge in [0.25, 0.3) is 0 Å². The largest absolute Gasteiger partial charge is 0.550 e. The highest BCUT2D eigenvalue weighted by molar-refractivity contribution is 5.60. The van der Waals surface area contributed by atoms with Crippen molar-refractivity contribution in [2.75, 3.05) is 0 Å². The molecule has 1 heterocycles. The van der Waals surface area contributed by atoms with Crippen molar-refractivity contribution in [2.24, 2.45) is 0 Å². The van der Waals surface area contributed by atoms with Crippen LogP contribution in [0.2, 0.25) is 0 Å². The number of rotatable bonds is 2. The van der Waals surface area contributed by atoms with Gasteiger partial charge in [0.05, 0.1) is 0 Å². The predicted octanol–water partition coefficient (Wildman–Crippen LogP) is 2.54. The topological polar surface area (TPSA) is 48.9 Å². The first-order chi connectivity index (χ1) is 10.2. The highest BCUT2D eigenvalue weighted by atomic mass is 16.4. The van der Waals surface area contributed by atoms with Gasteiger partial charge in [-0.05, 0) is 58.3 Å². The number of carboxylic acids is 1. The fourth-order valence-corrected chi connectivity index (χ4v) is 3.58. The molecule has 4 nitrogen and oxygen atoms in total. The minimum Gasteiger partial charge on any atom is -0.550 e. The van der Waals surface area contributed by atoms with Gasteiger partial charge < -0.3 is 9.90 Å². The molecule has 118 valence electrons. The van der Waals surface area contributed by atoms with E-state index in [2.05, 4.69) is 27.9 Å². The highest BCUT2D eigenvalue weighted by Crippen LogP contribution is 2.28. The maximum atomic E-state index is 8.89. The maximum Gasteiger partial charge on any atom is 0.244 e. The average molecular weight is 292 g/mol. The third kappa shape index (κ3) is 5.18. The van der Waals surface area contributed by atoms with Crippen LogP contribution in [-0.4, -0.2) is 10.5 Å². The molecule has 2 aliphatic carbocycles. The lowest BCUT2D eigenvalue weighted by atomic mass is 9.95. The van der Waals surface area contributed by atoms with Crippen LogP contribution >= 0.6 is 0 Å². The van der Waals surface area contributed by atoms with Crippen LogP contribution in [-0.2, 0) is 4.79 Å². The van der Waals surface area contributed by atoms with Gasteiger partial charge in [-0.25, -0.2) is 9.13 Å². The van der Waals surface area contributed by atoms with Crippen molar-refractivity contribution in [1.29, 1.82) is 0 Å². The van der Waals surface area contributed by atoms with E-state index < -0.39 is 5.97 Å². The SMILES string of the molecule is CC(=O)[O-].c1c[n+](C2CCCCC2)cn1C1CCCCC1. The monoisotopic (exact) mass is 292 g/mol. The van der Waals surface area contributed by atoms with E-state index in [9.17, 15) is 0 Å². The molecule has 0 aromatic carbocycles. The van der Waals surface area contributed by atoms with Crippen LogP contribution < -0.4 is 9.67 Å². The Labute approximate surface area is 127 Å². The Kier molecular flexibility index (Phi) is 6.27. The lowest BCUT2D eigenvalue weighted by Gasteiger charge is -2.20. The number of imidazole rings is 1. The Morgan fingerprint density at radius 2 is 1.57 bits per heavy atom. The quantitative estimate of drug-likeness (QED) is 0.787. The van der Waals surface area contributed by atoms with E-state index in [0.717, 1.165) is 19.0 Å². The van der Waals surface area contributed by atoms with E-state index >= 15 is 0 Å². The van der Waals surface area contributed by atoms with Crippen molar-refractivity contribution in [2.45, 2.75) is 83.2 Å². The molecule has 3 rings (SSSR count). The summed E-state index contributed by atoms with van der Waals surface area (Å²) >= 11 is 0. The first kappa shape index (κ1) is 16.1. The van der Waals surface area contributed by atoms with Crippen molar-refractivity contribution < 1.29 is 14.5 Å². The number of hydrogen-bond donors (Lipinski definition) is 0. The predicted molar refractivity (Wildman–Crippen MR) is 79.6 cm³/mol. The third-order valence-corrected chi connectivity index (χ3v) is 4.67. The molecule has 0 unspecified atom stereocenters. The fourth-order valence-electron chi connectivity index (χ4n) is 3.58. The van der Waals surface area contributed by atoms with Crippen LogP contribution in [0.5, 0.6) is 0 Å². The van der Waals surface area contributed by atoms with Crippen molar-refractivity contribution in [3.8, 4) is 0 Å². The van der Waals surface area contributed by atoms with Gasteiger partial charge in [-0.1, -0.05) is 12.8 Å². The molecule has 21 heavy (non-hydrogen) atoms. The number of nitrogens with zero attached hydrogens (tertiary/aromatic N) is 2. The second kappa shape index (κ2) is 8.20. The summed E-state index contributed by atoms with van der Waals surface area (Å²) in [5.74, 6) is -1.08. The molecule has 0 radical (unpaired) electrons. The van der Waals surface area contributed by atoms with Gasteiger partial charge in [-0.3, -0.25) is 0 Å². The number of aromatic nitrogens is 2. The third-order valence-electron chi connectivity index (χ3n) is 4.67. The molecule has 1 aromatic heterocycles. The zero-order valence-electron chi connectivity index (χ0n) is 13.2. The summed E-state index contributed by atoms with van der Waals surface area (Å²) in [5, 5.41) is 8.89. The standard InChI is InChI=1S/C15H25N2.C2H4O2/c1-3-7-14(8-4-1)16-11-12-17(13-16)15-9-5-2-6-10-15;1-2(3)4/h11-15H,1-10H2;1H3,(H,3,4)/q+1;/p-1. The summed E-state index contributed by atoms with van der Waals surface area (Å²) in [5.41, 5.74) is 0. The molecule has 2 saturated carbocycles. The minimum absolute atomic E-state index is 0.786. The van der Waals surface area contributed by atoms with E-state index in [4.69, 9.17) is 9.90 Å². The van der Waals surface area contributed by atoms with E-state index in [1.54, 1.807) is 0 Å². The van der Waals surface area contributed by atoms with Gasteiger partial charge in [0, 0.05) is 5.97 Å². The van der Waals surface area contributed by atoms with Crippen molar-refractivity contribution in [3.05, 3.63) is 18.7 Å². The van der Waals surface area contributed by atoms with E-state index in [-0.39, 0.29) is 0 Å². The number of carbonyl (C=O) groups excluding carboxylic acids is 1. The van der Waals surface area contributed by atoms with Crippen LogP contribution in [0.3, 0.4) is 0 Å². The molecule has 0 atom stereocenters. The minimum atomic E-state index is -1.08. The average Bonchev–Trinajstić information content (AvgIpc) is 2.98. The first-order valence-electron chi connectivity index (χ1n) is 8.42. The molecule has 0 amide bonds. The van der Waals surface area contributed by atoms with Gasteiger partial charge in [-0.2, -0.15) is 0 Å². The van der Waals surface area contributed by atoms with Crippen molar-refractivity contribution in [1.82, 2.24) is 4.57 Å². The molecule has 1 aromatic rings. The summed E-state index contributed by atoms with van der Waals surface area (Å²) in [6.45, 7) is 0.972. The second-order valence-corrected chi connectivity index (χ2v) is 6.38. The van der Waals surface area contributed by atoms with E-state index in [1.165, 1.54) is 64.2 Å². The van der Waals surface area contributed by atoms with Crippen molar-refractivity contribution >= 4 is 5.97 Å². The van der Waals surface area contributed by atoms with E-state index in [1.807, 2.05) is 0 Å². The molecule has 0 aliphatic heterocycles. The Morgan fingerprint density at radius 3 is 2.14 bits per heavy atom. The molecule has 4 heteroatoms. The summed E-state index contributed by atoms with van der Waals surface area (Å²) < 4.78 is 4.96. The molecule has 0 spiro atoms. The second-order valence-electron chi connectivity index (χ2n) is 6.38. The van der Waals surface area contributed by atoms with Crippen molar-refractivity contribution in [3.63, 3.8) is 0 Å². The number of carbonyl (C=O) groups is 1. The lowest BCUT2D eigenvalue weighted by Crippen LogP contribution is -2.38. The fraction of sp³-hybridized carbons (Fsp3) is 0.765. The van der Waals surface area contributed by atoms with Crippen LogP contribution in [0.4, 0.5) is 0 Å². The van der Waals surface area contributed by atoms with Gasteiger partial charge in [-0.15, -0.1) is 0 Å². The Hall–Kier alpha value is -1.32. The van der Waals surface area contributed by atoms with Crippen LogP contribution in [0.1, 0.15) is 83.2 Å². The Balaban J connectivity index is 0.000000361. The summed E-state index contributed by atoms with van der Waals surface area (Å²) in [7, 11) is 0. The smallest absolute Gasteiger partial charge is 0.244 e. The van der Waals surface area contributed by atoms with Gasteiger partial charge in [0.15, 0.2) is 0 Å². The molecular formula is C17H28N2O2. The summed E-state index contributed by atoms with van der Waals surface area (Å²) in [4.78, 5) is 8.89. The molecule has 2 fully saturated rings. The molecule has 2 aliphatic rings. The zero-order chi connectivity index (χ0) is 15.1. The Bertz CT molecular complexity index is 393. The van der Waals surface area contributed by atoms with Crippen LogP contribution in [0, 0.1) is 0 Å². The van der Waals surface area contributed by atoms with Gasteiger partial charge in [0.1, 0.15) is 24.5 Å². The maximum absolute atomic E-state index is 8.89. The number of aliphatic carboxylic acids is 1. The van der Waals surface area contributed by atoms with Gasteiger partial charge in [0.2, 0.25) is 6.33 Å². The number of carboxylic acid groups (broad SMARTS) is 1. The summed E-state index contributed by atoms with van der Waals surface area (Å²) in [6.07, 6.45) is 21.1. The zero-order valence-corrected chi connectivity index (χ0v) is 13.2. The molecule has 0 bridgehead atoms. The van der Waals surface area contributed by atoms with Gasteiger partial charge >= 0.3 is 0 Å². The van der Waals surface area contributed by atoms with E-state index in [0.29, 0.717) is 0 Å². The molecule has 0 N–H and O–H groups in total. The van der Waals surface area contributed by atoms with Crippen LogP contribution in [0.15, 0.2) is 18.7 Å². The first-order valence-corrected chi connectivity index (χ1v) is 8.42. The normalized spacial score (nSPS) is 20.6. The Morgan fingerprint density at radius 1 is 1.05 bits per heavy atom. The molecule has 0 saturated heterocycles. The van der Waals surface area contributed by atoms with Crippen LogP contribution in [0.25, 0.3) is 0 Å². The lowest BCUT2D eigenvalue weighted by molar-refractivity contribution is -0.725. The number of hydrogen-bond acceptors (Lipinski definition) is 2. The highest BCUT2D eigenvalue weighted by Gasteiger charge is 2.23. The summed E-state index contributed by atoms with van der Waals surface area (Å²) in [6, 6.07) is 1.57.